The van der Waals surface area contributed by atoms with E-state index in [0.29, 0.717) is 21.2 Å². The first kappa shape index (κ1) is 14.2. The van der Waals surface area contributed by atoms with E-state index in [1.165, 1.54) is 0 Å². The molecule has 0 spiro atoms. The summed E-state index contributed by atoms with van der Waals surface area (Å²) in [4.78, 5) is 4.43. The number of fused-ring (bicyclic) bond motifs is 1. The van der Waals surface area contributed by atoms with Gasteiger partial charge in [-0.1, -0.05) is 36.1 Å². The van der Waals surface area contributed by atoms with Crippen molar-refractivity contribution in [1.29, 1.82) is 10.5 Å². The highest BCUT2D eigenvalue weighted by Crippen LogP contribution is 2.44. The van der Waals surface area contributed by atoms with Gasteiger partial charge in [-0.15, -0.1) is 0 Å². The third kappa shape index (κ3) is 2.14. The number of nitrogens with two attached hydrogens (primary N) is 2. The van der Waals surface area contributed by atoms with Gasteiger partial charge in [-0.05, 0) is 11.6 Å². The molecule has 108 valence electrons. The van der Waals surface area contributed by atoms with Gasteiger partial charge in [-0.3, -0.25) is 4.99 Å². The second kappa shape index (κ2) is 5.59. The Morgan fingerprint density at radius 1 is 1.05 bits per heavy atom. The Hall–Kier alpha value is -2.70. The van der Waals surface area contributed by atoms with Gasteiger partial charge in [0.2, 0.25) is 0 Å². The lowest BCUT2D eigenvalue weighted by molar-refractivity contribution is 0.597. The Labute approximate surface area is 132 Å². The number of allylic oxidation sites excluding steroid dienone is 5. The van der Waals surface area contributed by atoms with Crippen LogP contribution in [0.2, 0.25) is 0 Å². The van der Waals surface area contributed by atoms with Crippen molar-refractivity contribution in [2.45, 2.75) is 6.04 Å². The van der Waals surface area contributed by atoms with Gasteiger partial charge in [0, 0.05) is 12.1 Å². The predicted molar refractivity (Wildman–Crippen MR) is 86.9 cm³/mol. The Bertz CT molecular complexity index is 746. The van der Waals surface area contributed by atoms with Crippen molar-refractivity contribution >= 4 is 18.0 Å². The number of hydrogen-bond donors (Lipinski definition) is 2. The number of thioether (sulfide) groups is 1. The zero-order chi connectivity index (χ0) is 15.7. The molecular formula is C16H13N5S. The molecule has 0 saturated carbocycles. The summed E-state index contributed by atoms with van der Waals surface area (Å²) in [6, 6.07) is 4.28. The molecule has 0 aromatic heterocycles. The van der Waals surface area contributed by atoms with Gasteiger partial charge < -0.3 is 11.5 Å². The maximum Gasteiger partial charge on any atom is 0.0984 e. The molecule has 6 heteroatoms. The van der Waals surface area contributed by atoms with Crippen molar-refractivity contribution in [3.63, 3.8) is 0 Å². The molecule has 2 aliphatic heterocycles. The predicted octanol–water partition coefficient (Wildman–Crippen LogP) is 1.86. The molecule has 0 fully saturated rings. The van der Waals surface area contributed by atoms with E-state index in [1.54, 1.807) is 6.21 Å². The van der Waals surface area contributed by atoms with Crippen LogP contribution < -0.4 is 11.5 Å². The molecule has 1 aliphatic carbocycles. The highest BCUT2D eigenvalue weighted by Gasteiger charge is 2.37. The molecule has 0 aromatic carbocycles. The maximum atomic E-state index is 9.49. The summed E-state index contributed by atoms with van der Waals surface area (Å²) in [5.41, 5.74) is 13.6. The van der Waals surface area contributed by atoms with Crippen molar-refractivity contribution in [2.24, 2.45) is 28.3 Å². The molecule has 0 bridgehead atoms. The lowest BCUT2D eigenvalue weighted by atomic mass is 9.74. The van der Waals surface area contributed by atoms with Crippen LogP contribution in [0, 0.1) is 34.5 Å². The molecule has 0 radical (unpaired) electrons. The van der Waals surface area contributed by atoms with Gasteiger partial charge in [0.25, 0.3) is 0 Å². The van der Waals surface area contributed by atoms with E-state index in [1.807, 2.05) is 30.4 Å². The second-order valence-electron chi connectivity index (χ2n) is 5.07. The number of hydrogen-bond acceptors (Lipinski definition) is 6. The van der Waals surface area contributed by atoms with Crippen LogP contribution in [0.25, 0.3) is 0 Å². The van der Waals surface area contributed by atoms with Crippen molar-refractivity contribution in [1.82, 2.24) is 0 Å². The molecule has 5 nitrogen and oxygen atoms in total. The topological polar surface area (TPSA) is 112 Å². The average molecular weight is 307 g/mol. The highest BCUT2D eigenvalue weighted by atomic mass is 32.2. The minimum absolute atomic E-state index is 0.00963. The van der Waals surface area contributed by atoms with Gasteiger partial charge in [0.15, 0.2) is 0 Å². The lowest BCUT2D eigenvalue weighted by Gasteiger charge is -2.33. The van der Waals surface area contributed by atoms with Gasteiger partial charge in [-0.25, -0.2) is 0 Å². The van der Waals surface area contributed by atoms with Crippen molar-refractivity contribution in [3.8, 4) is 12.1 Å². The van der Waals surface area contributed by atoms with Gasteiger partial charge in [-0.2, -0.15) is 10.5 Å². The van der Waals surface area contributed by atoms with Crippen LogP contribution in [0.4, 0.5) is 0 Å². The molecule has 0 aromatic rings. The lowest BCUT2D eigenvalue weighted by Crippen LogP contribution is -2.30. The van der Waals surface area contributed by atoms with E-state index in [-0.39, 0.29) is 12.0 Å². The first-order chi connectivity index (χ1) is 10.7. The Morgan fingerprint density at radius 3 is 2.32 bits per heavy atom. The van der Waals surface area contributed by atoms with Crippen molar-refractivity contribution in [3.05, 3.63) is 57.2 Å². The van der Waals surface area contributed by atoms with E-state index in [9.17, 15) is 10.5 Å². The Balaban J connectivity index is 2.13. The Kier molecular flexibility index (Phi) is 3.62. The molecule has 4 N–H and O–H groups in total. The first-order valence-electron chi connectivity index (χ1n) is 6.73. The molecule has 2 atom stereocenters. The zero-order valence-corrected chi connectivity index (χ0v) is 12.4. The fourth-order valence-electron chi connectivity index (χ4n) is 2.90. The summed E-state index contributed by atoms with van der Waals surface area (Å²) in [5.74, 6) is -0.484. The first-order valence-corrected chi connectivity index (χ1v) is 7.54. The van der Waals surface area contributed by atoms with E-state index < -0.39 is 5.92 Å². The van der Waals surface area contributed by atoms with E-state index in [2.05, 4.69) is 17.1 Å². The molecule has 3 rings (SSSR count). The number of aliphatic imine (C=N–C) groups is 1. The van der Waals surface area contributed by atoms with Gasteiger partial charge in [0.1, 0.15) is 0 Å². The fourth-order valence-corrected chi connectivity index (χ4v) is 3.69. The van der Waals surface area contributed by atoms with Crippen molar-refractivity contribution in [2.75, 3.05) is 0 Å². The van der Waals surface area contributed by atoms with Crippen molar-refractivity contribution < 1.29 is 0 Å². The standard InChI is InChI=1S/C16H13N5S/c17-7-11-14(12(8-18)16(20)22-15(11)19)10-5-6-21-13-4-2-1-3-9(10)13/h1-6,9,13-14H,19-20H2. The summed E-state index contributed by atoms with van der Waals surface area (Å²) in [7, 11) is 0. The summed E-state index contributed by atoms with van der Waals surface area (Å²) in [6.07, 6.45) is 11.5. The molecule has 0 saturated heterocycles. The minimum Gasteiger partial charge on any atom is -0.392 e. The summed E-state index contributed by atoms with van der Waals surface area (Å²) >= 11 is 1.08. The molecule has 0 amide bonds. The average Bonchev–Trinajstić information content (AvgIpc) is 2.54. The van der Waals surface area contributed by atoms with Crippen LogP contribution in [0.3, 0.4) is 0 Å². The normalized spacial score (nSPS) is 27.3. The fraction of sp³-hybridized carbons (Fsp3) is 0.188. The van der Waals surface area contributed by atoms with Crippen LogP contribution in [0.1, 0.15) is 0 Å². The largest absolute Gasteiger partial charge is 0.392 e. The van der Waals surface area contributed by atoms with E-state index in [0.717, 1.165) is 17.3 Å². The maximum absolute atomic E-state index is 9.49. The van der Waals surface area contributed by atoms with Crippen LogP contribution in [-0.4, -0.2) is 12.3 Å². The molecular weight excluding hydrogens is 294 g/mol. The van der Waals surface area contributed by atoms with Crippen LogP contribution in [-0.2, 0) is 0 Å². The van der Waals surface area contributed by atoms with Crippen LogP contribution in [0.15, 0.2) is 62.1 Å². The number of rotatable bonds is 1. The summed E-state index contributed by atoms with van der Waals surface area (Å²) in [5, 5.41) is 19.7. The summed E-state index contributed by atoms with van der Waals surface area (Å²) in [6.45, 7) is 0. The third-order valence-electron chi connectivity index (χ3n) is 3.92. The zero-order valence-electron chi connectivity index (χ0n) is 11.6. The SMILES string of the molecule is N#CC1=C(N)SC(N)=C(C#N)C1C1=CC=NC2C=CC=CC12. The van der Waals surface area contributed by atoms with E-state index >= 15 is 0 Å². The molecule has 2 unspecified atom stereocenters. The van der Waals surface area contributed by atoms with E-state index in [4.69, 9.17) is 11.5 Å². The number of nitrogens with zero attached hydrogens (tertiary/aromatic N) is 3. The highest BCUT2D eigenvalue weighted by molar-refractivity contribution is 8.06. The monoisotopic (exact) mass is 307 g/mol. The quantitative estimate of drug-likeness (QED) is 0.768. The molecule has 22 heavy (non-hydrogen) atoms. The van der Waals surface area contributed by atoms with Crippen LogP contribution >= 0.6 is 11.8 Å². The summed E-state index contributed by atoms with van der Waals surface area (Å²) < 4.78 is 0. The molecule has 3 aliphatic rings. The third-order valence-corrected chi connectivity index (χ3v) is 4.80. The van der Waals surface area contributed by atoms with Gasteiger partial charge >= 0.3 is 0 Å². The second-order valence-corrected chi connectivity index (χ2v) is 6.15. The Morgan fingerprint density at radius 2 is 1.68 bits per heavy atom. The number of dihydropyridines is 1. The smallest absolute Gasteiger partial charge is 0.0984 e. The molecule has 2 heterocycles. The minimum atomic E-state index is -0.494. The van der Waals surface area contributed by atoms with Gasteiger partial charge in [0.05, 0.1) is 45.3 Å². The van der Waals surface area contributed by atoms with Crippen LogP contribution in [0.5, 0.6) is 0 Å². The number of nitriles is 2.